The Morgan fingerprint density at radius 1 is 1.17 bits per heavy atom. The van der Waals surface area contributed by atoms with Crippen LogP contribution < -0.4 is 9.64 Å². The molecule has 0 bridgehead atoms. The van der Waals surface area contributed by atoms with Crippen molar-refractivity contribution >= 4 is 5.82 Å². The van der Waals surface area contributed by atoms with Crippen LogP contribution in [-0.2, 0) is 6.18 Å². The molecule has 0 spiro atoms. The molecule has 1 aliphatic rings. The van der Waals surface area contributed by atoms with Gasteiger partial charge in [-0.2, -0.15) is 13.2 Å². The molecule has 0 N–H and O–H groups in total. The first-order valence-electron chi connectivity index (χ1n) is 7.16. The quantitative estimate of drug-likeness (QED) is 0.869. The monoisotopic (exact) mass is 324 g/mol. The van der Waals surface area contributed by atoms with Crippen molar-refractivity contribution in [3.8, 4) is 5.88 Å². The minimum Gasteiger partial charge on any atom is -0.472 e. The Bertz CT molecular complexity index is 675. The summed E-state index contributed by atoms with van der Waals surface area (Å²) in [5.74, 6) is 1.000. The van der Waals surface area contributed by atoms with E-state index >= 15 is 0 Å². The summed E-state index contributed by atoms with van der Waals surface area (Å²) in [5.41, 5.74) is 0.0499. The maximum Gasteiger partial charge on any atom is 0.417 e. The maximum atomic E-state index is 12.5. The summed E-state index contributed by atoms with van der Waals surface area (Å²) in [6.07, 6.45) is 0.274. The molecule has 2 aromatic heterocycles. The van der Waals surface area contributed by atoms with Gasteiger partial charge in [0.05, 0.1) is 17.8 Å². The molecule has 0 amide bonds. The summed E-state index contributed by atoms with van der Waals surface area (Å²) in [7, 11) is 0. The van der Waals surface area contributed by atoms with Gasteiger partial charge in [0.25, 0.3) is 0 Å². The molecule has 0 saturated carbocycles. The molecule has 1 aliphatic heterocycles. The van der Waals surface area contributed by atoms with E-state index in [-0.39, 0.29) is 12.0 Å². The molecule has 0 aliphatic carbocycles. The highest BCUT2D eigenvalue weighted by Gasteiger charge is 2.31. The molecular formula is C15H15F3N4O. The Kier molecular flexibility index (Phi) is 4.06. The van der Waals surface area contributed by atoms with Crippen molar-refractivity contribution in [2.24, 2.45) is 0 Å². The van der Waals surface area contributed by atoms with Crippen molar-refractivity contribution in [1.29, 1.82) is 0 Å². The molecule has 1 unspecified atom stereocenters. The average Bonchev–Trinajstić information content (AvgIpc) is 2.95. The second kappa shape index (κ2) is 6.02. The van der Waals surface area contributed by atoms with E-state index in [1.807, 2.05) is 6.92 Å². The van der Waals surface area contributed by atoms with Crippen LogP contribution in [0.2, 0.25) is 0 Å². The fourth-order valence-electron chi connectivity index (χ4n) is 2.52. The molecule has 0 aromatic carbocycles. The summed E-state index contributed by atoms with van der Waals surface area (Å²) in [6, 6.07) is 2.22. The lowest BCUT2D eigenvalue weighted by Gasteiger charge is -2.18. The third-order valence-electron chi connectivity index (χ3n) is 3.65. The highest BCUT2D eigenvalue weighted by molar-refractivity contribution is 5.43. The molecule has 0 radical (unpaired) electrons. The Morgan fingerprint density at radius 2 is 1.96 bits per heavy atom. The van der Waals surface area contributed by atoms with Gasteiger partial charge in [0.1, 0.15) is 11.9 Å². The van der Waals surface area contributed by atoms with Crippen molar-refractivity contribution in [3.05, 3.63) is 42.0 Å². The summed E-state index contributed by atoms with van der Waals surface area (Å²) in [5, 5.41) is 0. The second-order valence-corrected chi connectivity index (χ2v) is 5.32. The van der Waals surface area contributed by atoms with Crippen LogP contribution in [0.4, 0.5) is 19.0 Å². The SMILES string of the molecule is Cc1nccnc1N1CCC(Oc2ccc(C(F)(F)F)cn2)C1. The first-order chi connectivity index (χ1) is 10.9. The van der Waals surface area contributed by atoms with Crippen molar-refractivity contribution in [1.82, 2.24) is 15.0 Å². The number of alkyl halides is 3. The Labute approximate surface area is 131 Å². The largest absolute Gasteiger partial charge is 0.472 e. The first-order valence-corrected chi connectivity index (χ1v) is 7.16. The first kappa shape index (κ1) is 15.5. The Morgan fingerprint density at radius 3 is 2.61 bits per heavy atom. The maximum absolute atomic E-state index is 12.5. The molecule has 8 heteroatoms. The average molecular weight is 324 g/mol. The van der Waals surface area contributed by atoms with Crippen LogP contribution in [-0.4, -0.2) is 34.1 Å². The van der Waals surface area contributed by atoms with E-state index in [0.717, 1.165) is 36.7 Å². The highest BCUT2D eigenvalue weighted by Crippen LogP contribution is 2.29. The van der Waals surface area contributed by atoms with Crippen LogP contribution in [0.5, 0.6) is 5.88 Å². The van der Waals surface area contributed by atoms with Crippen molar-refractivity contribution in [2.45, 2.75) is 25.6 Å². The van der Waals surface area contributed by atoms with Crippen molar-refractivity contribution in [2.75, 3.05) is 18.0 Å². The fraction of sp³-hybridized carbons (Fsp3) is 0.400. The summed E-state index contributed by atoms with van der Waals surface area (Å²) >= 11 is 0. The van der Waals surface area contributed by atoms with Gasteiger partial charge in [-0.3, -0.25) is 4.98 Å². The van der Waals surface area contributed by atoms with Gasteiger partial charge < -0.3 is 9.64 Å². The van der Waals surface area contributed by atoms with Crippen LogP contribution in [0.1, 0.15) is 17.7 Å². The zero-order chi connectivity index (χ0) is 16.4. The number of hydrogen-bond acceptors (Lipinski definition) is 5. The fourth-order valence-corrected chi connectivity index (χ4v) is 2.52. The van der Waals surface area contributed by atoms with Gasteiger partial charge in [0.2, 0.25) is 5.88 Å². The van der Waals surface area contributed by atoms with Crippen LogP contribution in [0.25, 0.3) is 0 Å². The van der Waals surface area contributed by atoms with Crippen LogP contribution in [0.15, 0.2) is 30.7 Å². The molecule has 122 valence electrons. The van der Waals surface area contributed by atoms with Gasteiger partial charge in [-0.05, 0) is 13.0 Å². The number of nitrogens with zero attached hydrogens (tertiary/aromatic N) is 4. The number of rotatable bonds is 3. The van der Waals surface area contributed by atoms with Crippen LogP contribution in [0.3, 0.4) is 0 Å². The third kappa shape index (κ3) is 3.52. The van der Waals surface area contributed by atoms with Crippen LogP contribution >= 0.6 is 0 Å². The van der Waals surface area contributed by atoms with Crippen LogP contribution in [0, 0.1) is 6.92 Å². The van der Waals surface area contributed by atoms with Crippen molar-refractivity contribution < 1.29 is 17.9 Å². The highest BCUT2D eigenvalue weighted by atomic mass is 19.4. The lowest BCUT2D eigenvalue weighted by molar-refractivity contribution is -0.137. The minimum absolute atomic E-state index is 0.138. The molecule has 1 saturated heterocycles. The molecular weight excluding hydrogens is 309 g/mol. The van der Waals surface area contributed by atoms with Gasteiger partial charge in [0.15, 0.2) is 0 Å². The van der Waals surface area contributed by atoms with Gasteiger partial charge in [-0.15, -0.1) is 0 Å². The number of anilines is 1. The zero-order valence-electron chi connectivity index (χ0n) is 12.4. The van der Waals surface area contributed by atoms with E-state index < -0.39 is 11.7 Å². The van der Waals surface area contributed by atoms with Gasteiger partial charge in [-0.1, -0.05) is 0 Å². The van der Waals surface area contributed by atoms with E-state index in [4.69, 9.17) is 4.74 Å². The van der Waals surface area contributed by atoms with E-state index in [2.05, 4.69) is 19.9 Å². The molecule has 1 fully saturated rings. The standard InChI is InChI=1S/C15H15F3N4O/c1-10-14(20-6-5-19-10)22-7-4-12(9-22)23-13-3-2-11(8-21-13)15(16,17)18/h2-3,5-6,8,12H,4,7,9H2,1H3. The molecule has 2 aromatic rings. The lowest BCUT2D eigenvalue weighted by Crippen LogP contribution is -2.26. The predicted molar refractivity (Wildman–Crippen MR) is 77.3 cm³/mol. The Balaban J connectivity index is 1.63. The normalized spacial score (nSPS) is 18.3. The number of pyridine rings is 1. The minimum atomic E-state index is -4.39. The molecule has 5 nitrogen and oxygen atoms in total. The number of aromatic nitrogens is 3. The number of ether oxygens (including phenoxy) is 1. The topological polar surface area (TPSA) is 51.1 Å². The lowest BCUT2D eigenvalue weighted by atomic mass is 10.3. The number of halogens is 3. The molecule has 3 heterocycles. The second-order valence-electron chi connectivity index (χ2n) is 5.32. The van der Waals surface area contributed by atoms with E-state index in [9.17, 15) is 13.2 Å². The van der Waals surface area contributed by atoms with E-state index in [0.29, 0.717) is 6.54 Å². The van der Waals surface area contributed by atoms with E-state index in [1.54, 1.807) is 12.4 Å². The summed E-state index contributed by atoms with van der Waals surface area (Å²) in [4.78, 5) is 14.3. The molecule has 3 rings (SSSR count). The van der Waals surface area contributed by atoms with E-state index in [1.165, 1.54) is 6.07 Å². The van der Waals surface area contributed by atoms with Gasteiger partial charge in [-0.25, -0.2) is 9.97 Å². The van der Waals surface area contributed by atoms with Crippen molar-refractivity contribution in [3.63, 3.8) is 0 Å². The Hall–Kier alpha value is -2.38. The van der Waals surface area contributed by atoms with Gasteiger partial charge in [0, 0.05) is 37.6 Å². The predicted octanol–water partition coefficient (Wildman–Crippen LogP) is 2.86. The van der Waals surface area contributed by atoms with Gasteiger partial charge >= 0.3 is 6.18 Å². The third-order valence-corrected chi connectivity index (χ3v) is 3.65. The number of hydrogen-bond donors (Lipinski definition) is 0. The molecule has 1 atom stereocenters. The summed E-state index contributed by atoms with van der Waals surface area (Å²) < 4.78 is 43.2. The smallest absolute Gasteiger partial charge is 0.417 e. The number of aryl methyl sites for hydroxylation is 1. The zero-order valence-corrected chi connectivity index (χ0v) is 12.4. The summed E-state index contributed by atoms with van der Waals surface area (Å²) in [6.45, 7) is 3.24. The molecule has 23 heavy (non-hydrogen) atoms.